The second-order valence-electron chi connectivity index (χ2n) is 3.87. The molecule has 9 heteroatoms. The third-order valence-corrected chi connectivity index (χ3v) is 2.12. The van der Waals surface area contributed by atoms with Crippen molar-refractivity contribution < 1.29 is 17.9 Å². The number of nitrogens with zero attached hydrogens (tertiary/aromatic N) is 3. The van der Waals surface area contributed by atoms with Crippen LogP contribution in [0.5, 0.6) is 0 Å². The number of hydrogen-bond donors (Lipinski definition) is 2. The van der Waals surface area contributed by atoms with Crippen LogP contribution in [0, 0.1) is 6.92 Å². The molecule has 0 aliphatic rings. The van der Waals surface area contributed by atoms with Crippen LogP contribution in [-0.4, -0.2) is 35.3 Å². The number of aliphatic imine (C=N–C) groups is 1. The zero-order chi connectivity index (χ0) is 15.2. The number of ether oxygens (including phenoxy) is 1. The first-order chi connectivity index (χ1) is 9.31. The molecular weight excluding hydrogens is 275 g/mol. The molecular formula is C11H16F3N5O. The van der Waals surface area contributed by atoms with E-state index in [1.807, 2.05) is 6.92 Å². The molecule has 0 radical (unpaired) electrons. The van der Waals surface area contributed by atoms with Gasteiger partial charge in [0.15, 0.2) is 5.96 Å². The second-order valence-corrected chi connectivity index (χ2v) is 3.87. The van der Waals surface area contributed by atoms with E-state index in [4.69, 9.17) is 10.5 Å². The van der Waals surface area contributed by atoms with Gasteiger partial charge < -0.3 is 15.8 Å². The van der Waals surface area contributed by atoms with Crippen LogP contribution in [0.3, 0.4) is 0 Å². The zero-order valence-electron chi connectivity index (χ0n) is 11.2. The Kier molecular flexibility index (Phi) is 5.68. The normalized spacial score (nSPS) is 12.6. The highest BCUT2D eigenvalue weighted by Crippen LogP contribution is 2.15. The summed E-state index contributed by atoms with van der Waals surface area (Å²) < 4.78 is 41.3. The Morgan fingerprint density at radius 3 is 2.80 bits per heavy atom. The van der Waals surface area contributed by atoms with E-state index in [1.54, 1.807) is 6.92 Å². The van der Waals surface area contributed by atoms with Crippen LogP contribution in [0.15, 0.2) is 11.2 Å². The Labute approximate surface area is 114 Å². The van der Waals surface area contributed by atoms with Gasteiger partial charge in [0.2, 0.25) is 0 Å². The van der Waals surface area contributed by atoms with Gasteiger partial charge in [0, 0.05) is 18.4 Å². The highest BCUT2D eigenvalue weighted by molar-refractivity contribution is 5.91. The SMILES string of the molecule is CCOCc1cnc(C)nc1NC(N)=NCC(F)(F)F. The van der Waals surface area contributed by atoms with Gasteiger partial charge in [-0.3, -0.25) is 0 Å². The minimum atomic E-state index is -4.40. The highest BCUT2D eigenvalue weighted by Gasteiger charge is 2.26. The molecule has 0 saturated carbocycles. The van der Waals surface area contributed by atoms with Crippen molar-refractivity contribution in [2.24, 2.45) is 10.7 Å². The Morgan fingerprint density at radius 1 is 1.50 bits per heavy atom. The molecule has 0 spiro atoms. The lowest BCUT2D eigenvalue weighted by molar-refractivity contribution is -0.118. The molecule has 0 unspecified atom stereocenters. The fraction of sp³-hybridized carbons (Fsp3) is 0.545. The van der Waals surface area contributed by atoms with Crippen LogP contribution in [0.4, 0.5) is 19.0 Å². The maximum Gasteiger partial charge on any atom is 0.408 e. The van der Waals surface area contributed by atoms with Gasteiger partial charge in [-0.2, -0.15) is 13.2 Å². The fourth-order valence-corrected chi connectivity index (χ4v) is 1.26. The standard InChI is InChI=1S/C11H16F3N5O/c1-3-20-5-8-4-16-7(2)18-9(8)19-10(15)17-6-11(12,13)14/h4H,3,5-6H2,1-2H3,(H3,15,16,17,18,19). The van der Waals surface area contributed by atoms with Gasteiger partial charge in [0.1, 0.15) is 18.2 Å². The van der Waals surface area contributed by atoms with Gasteiger partial charge in [-0.25, -0.2) is 15.0 Å². The van der Waals surface area contributed by atoms with Gasteiger partial charge in [0.05, 0.1) is 6.61 Å². The molecule has 0 atom stereocenters. The maximum absolute atomic E-state index is 12.0. The molecule has 0 bridgehead atoms. The number of rotatable bonds is 5. The lowest BCUT2D eigenvalue weighted by atomic mass is 10.3. The van der Waals surface area contributed by atoms with Crippen molar-refractivity contribution in [2.45, 2.75) is 26.6 Å². The average molecular weight is 291 g/mol. The molecule has 0 fully saturated rings. The summed E-state index contributed by atoms with van der Waals surface area (Å²) in [5.41, 5.74) is 5.98. The molecule has 0 aromatic carbocycles. The minimum Gasteiger partial charge on any atom is -0.377 e. The van der Waals surface area contributed by atoms with Crippen LogP contribution in [0.1, 0.15) is 18.3 Å². The molecule has 1 heterocycles. The summed E-state index contributed by atoms with van der Waals surface area (Å²) >= 11 is 0. The number of aromatic nitrogens is 2. The number of alkyl halides is 3. The van der Waals surface area contributed by atoms with Crippen molar-refractivity contribution >= 4 is 11.8 Å². The lowest BCUT2D eigenvalue weighted by Crippen LogP contribution is -2.27. The molecule has 6 nitrogen and oxygen atoms in total. The summed E-state index contributed by atoms with van der Waals surface area (Å²) in [7, 11) is 0. The molecule has 0 aliphatic carbocycles. The summed E-state index contributed by atoms with van der Waals surface area (Å²) in [6.45, 7) is 2.84. The number of halogens is 3. The molecule has 1 rings (SSSR count). The Morgan fingerprint density at radius 2 is 2.20 bits per heavy atom. The molecule has 112 valence electrons. The summed E-state index contributed by atoms with van der Waals surface area (Å²) in [6, 6.07) is 0. The van der Waals surface area contributed by atoms with E-state index in [0.29, 0.717) is 18.0 Å². The number of nitrogens with one attached hydrogen (secondary N) is 1. The average Bonchev–Trinajstić information content (AvgIpc) is 2.35. The van der Waals surface area contributed by atoms with Gasteiger partial charge in [-0.05, 0) is 13.8 Å². The van der Waals surface area contributed by atoms with E-state index in [1.165, 1.54) is 6.20 Å². The van der Waals surface area contributed by atoms with Gasteiger partial charge >= 0.3 is 6.18 Å². The van der Waals surface area contributed by atoms with E-state index in [2.05, 4.69) is 20.3 Å². The van der Waals surface area contributed by atoms with Crippen molar-refractivity contribution in [3.8, 4) is 0 Å². The monoisotopic (exact) mass is 291 g/mol. The van der Waals surface area contributed by atoms with Crippen molar-refractivity contribution in [3.05, 3.63) is 17.6 Å². The van der Waals surface area contributed by atoms with Crippen LogP contribution in [-0.2, 0) is 11.3 Å². The van der Waals surface area contributed by atoms with Gasteiger partial charge in [-0.1, -0.05) is 0 Å². The van der Waals surface area contributed by atoms with E-state index >= 15 is 0 Å². The molecule has 0 saturated heterocycles. The van der Waals surface area contributed by atoms with Crippen molar-refractivity contribution in [1.82, 2.24) is 9.97 Å². The van der Waals surface area contributed by atoms with Crippen LogP contribution < -0.4 is 11.1 Å². The topological polar surface area (TPSA) is 85.4 Å². The van der Waals surface area contributed by atoms with E-state index in [0.717, 1.165) is 0 Å². The van der Waals surface area contributed by atoms with Gasteiger partial charge in [0.25, 0.3) is 0 Å². The van der Waals surface area contributed by atoms with Crippen molar-refractivity contribution in [2.75, 3.05) is 18.5 Å². The summed E-state index contributed by atoms with van der Waals surface area (Å²) in [5.74, 6) is 0.379. The lowest BCUT2D eigenvalue weighted by Gasteiger charge is -2.11. The summed E-state index contributed by atoms with van der Waals surface area (Å²) in [4.78, 5) is 11.3. The van der Waals surface area contributed by atoms with E-state index < -0.39 is 12.7 Å². The Bertz CT molecular complexity index is 476. The van der Waals surface area contributed by atoms with E-state index in [9.17, 15) is 13.2 Å². The fourth-order valence-electron chi connectivity index (χ4n) is 1.26. The smallest absolute Gasteiger partial charge is 0.377 e. The van der Waals surface area contributed by atoms with Crippen molar-refractivity contribution in [1.29, 1.82) is 0 Å². The predicted molar refractivity (Wildman–Crippen MR) is 68.3 cm³/mol. The maximum atomic E-state index is 12.0. The molecule has 20 heavy (non-hydrogen) atoms. The number of guanidine groups is 1. The number of anilines is 1. The first-order valence-corrected chi connectivity index (χ1v) is 5.85. The van der Waals surface area contributed by atoms with Crippen LogP contribution >= 0.6 is 0 Å². The number of nitrogens with two attached hydrogens (primary N) is 1. The molecule has 1 aromatic heterocycles. The van der Waals surface area contributed by atoms with Gasteiger partial charge in [-0.15, -0.1) is 0 Å². The predicted octanol–water partition coefficient (Wildman–Crippen LogP) is 1.61. The Balaban J connectivity index is 2.81. The third kappa shape index (κ3) is 5.83. The third-order valence-electron chi connectivity index (χ3n) is 2.12. The largest absolute Gasteiger partial charge is 0.408 e. The molecule has 0 aliphatic heterocycles. The highest BCUT2D eigenvalue weighted by atomic mass is 19.4. The summed E-state index contributed by atoms with van der Waals surface area (Å²) in [6.07, 6.45) is -2.88. The Hall–Kier alpha value is -1.90. The second kappa shape index (κ2) is 7.04. The molecule has 0 amide bonds. The first kappa shape index (κ1) is 16.2. The summed E-state index contributed by atoms with van der Waals surface area (Å²) in [5, 5.41) is 2.53. The van der Waals surface area contributed by atoms with Crippen molar-refractivity contribution in [3.63, 3.8) is 0 Å². The minimum absolute atomic E-state index is 0.228. The van der Waals surface area contributed by atoms with Crippen LogP contribution in [0.2, 0.25) is 0 Å². The number of hydrogen-bond acceptors (Lipinski definition) is 4. The number of aryl methyl sites for hydroxylation is 1. The quantitative estimate of drug-likeness (QED) is 0.636. The van der Waals surface area contributed by atoms with E-state index in [-0.39, 0.29) is 18.4 Å². The molecule has 1 aromatic rings. The zero-order valence-corrected chi connectivity index (χ0v) is 11.2. The molecule has 3 N–H and O–H groups in total. The van der Waals surface area contributed by atoms with Crippen LogP contribution in [0.25, 0.3) is 0 Å². The first-order valence-electron chi connectivity index (χ1n) is 5.85.